The smallest absolute Gasteiger partial charge is 0.230 e. The fourth-order valence-corrected chi connectivity index (χ4v) is 3.70. The second-order valence-corrected chi connectivity index (χ2v) is 7.15. The van der Waals surface area contributed by atoms with Gasteiger partial charge in [-0.25, -0.2) is 0 Å². The molecular formula is C16H30N2O2. The average molecular weight is 282 g/mol. The molecule has 0 radical (unpaired) electrons. The Morgan fingerprint density at radius 1 is 1.35 bits per heavy atom. The minimum atomic E-state index is -0.307. The molecule has 0 bridgehead atoms. The van der Waals surface area contributed by atoms with E-state index < -0.39 is 0 Å². The van der Waals surface area contributed by atoms with Gasteiger partial charge in [-0.05, 0) is 51.4 Å². The molecule has 1 heterocycles. The van der Waals surface area contributed by atoms with Crippen LogP contribution >= 0.6 is 0 Å². The number of carbonyl (C=O) groups excluding carboxylic acids is 1. The summed E-state index contributed by atoms with van der Waals surface area (Å²) in [5.74, 6) is 1.00. The van der Waals surface area contributed by atoms with E-state index in [1.165, 1.54) is 0 Å². The zero-order valence-electron chi connectivity index (χ0n) is 13.3. The number of hydrogen-bond acceptors (Lipinski definition) is 3. The van der Waals surface area contributed by atoms with Crippen LogP contribution in [0, 0.1) is 11.3 Å². The number of carbonyl (C=O) groups is 1. The molecule has 2 aliphatic rings. The molecule has 1 saturated heterocycles. The van der Waals surface area contributed by atoms with Gasteiger partial charge >= 0.3 is 0 Å². The number of likely N-dealkylation sites (tertiary alicyclic amines) is 1. The maximum atomic E-state index is 13.0. The molecule has 1 aliphatic carbocycles. The SMILES string of the molecule is COC1(C)CCCN(C(=O)C2(CN)CCC(C)CC2)C1. The molecule has 4 nitrogen and oxygen atoms in total. The summed E-state index contributed by atoms with van der Waals surface area (Å²) in [6, 6.07) is 0. The molecule has 1 saturated carbocycles. The molecular weight excluding hydrogens is 252 g/mol. The highest BCUT2D eigenvalue weighted by molar-refractivity contribution is 5.83. The summed E-state index contributed by atoms with van der Waals surface area (Å²) in [5.41, 5.74) is 5.52. The minimum Gasteiger partial charge on any atom is -0.377 e. The monoisotopic (exact) mass is 282 g/mol. The van der Waals surface area contributed by atoms with Gasteiger partial charge in [0.1, 0.15) is 0 Å². The van der Waals surface area contributed by atoms with E-state index in [4.69, 9.17) is 10.5 Å². The third-order valence-electron chi connectivity index (χ3n) is 5.51. The van der Waals surface area contributed by atoms with E-state index in [1.807, 2.05) is 4.90 Å². The minimum absolute atomic E-state index is 0.189. The topological polar surface area (TPSA) is 55.6 Å². The molecule has 20 heavy (non-hydrogen) atoms. The summed E-state index contributed by atoms with van der Waals surface area (Å²) in [6.07, 6.45) is 6.19. The van der Waals surface area contributed by atoms with E-state index in [0.29, 0.717) is 13.1 Å². The second-order valence-electron chi connectivity index (χ2n) is 7.15. The largest absolute Gasteiger partial charge is 0.377 e. The first kappa shape index (κ1) is 15.8. The normalized spacial score (nSPS) is 38.8. The van der Waals surface area contributed by atoms with Crippen LogP contribution < -0.4 is 5.73 Å². The first-order valence-electron chi connectivity index (χ1n) is 7.99. The van der Waals surface area contributed by atoms with Crippen LogP contribution in [-0.4, -0.2) is 43.2 Å². The van der Waals surface area contributed by atoms with Gasteiger partial charge in [0.25, 0.3) is 0 Å². The summed E-state index contributed by atoms with van der Waals surface area (Å²) in [5, 5.41) is 0. The van der Waals surface area contributed by atoms with Crippen molar-refractivity contribution in [1.82, 2.24) is 4.90 Å². The van der Waals surface area contributed by atoms with Crippen LogP contribution in [0.15, 0.2) is 0 Å². The van der Waals surface area contributed by atoms with E-state index in [9.17, 15) is 4.79 Å². The van der Waals surface area contributed by atoms with Crippen molar-refractivity contribution >= 4 is 5.91 Å². The standard InChI is InChI=1S/C16H30N2O2/c1-13-5-8-16(11-17,9-6-13)14(19)18-10-4-7-15(2,12-18)20-3/h13H,4-12,17H2,1-3H3. The van der Waals surface area contributed by atoms with Gasteiger partial charge in [-0.2, -0.15) is 0 Å². The fraction of sp³-hybridized carbons (Fsp3) is 0.938. The quantitative estimate of drug-likeness (QED) is 0.863. The van der Waals surface area contributed by atoms with Gasteiger partial charge in [0.2, 0.25) is 5.91 Å². The average Bonchev–Trinajstić information content (AvgIpc) is 2.48. The van der Waals surface area contributed by atoms with Gasteiger partial charge < -0.3 is 15.4 Å². The Balaban J connectivity index is 2.08. The lowest BCUT2D eigenvalue weighted by molar-refractivity contribution is -0.152. The summed E-state index contributed by atoms with van der Waals surface area (Å²) >= 11 is 0. The number of nitrogens with zero attached hydrogens (tertiary/aromatic N) is 1. The number of methoxy groups -OCH3 is 1. The highest BCUT2D eigenvalue weighted by Crippen LogP contribution is 2.40. The van der Waals surface area contributed by atoms with Crippen LogP contribution in [0.2, 0.25) is 0 Å². The van der Waals surface area contributed by atoms with Crippen molar-refractivity contribution in [2.75, 3.05) is 26.7 Å². The van der Waals surface area contributed by atoms with Gasteiger partial charge in [-0.15, -0.1) is 0 Å². The Bertz CT molecular complexity index is 350. The van der Waals surface area contributed by atoms with Crippen molar-refractivity contribution in [3.05, 3.63) is 0 Å². The first-order valence-corrected chi connectivity index (χ1v) is 7.99. The van der Waals surface area contributed by atoms with E-state index in [2.05, 4.69) is 13.8 Å². The number of nitrogens with two attached hydrogens (primary N) is 1. The third-order valence-corrected chi connectivity index (χ3v) is 5.51. The number of hydrogen-bond donors (Lipinski definition) is 1. The van der Waals surface area contributed by atoms with E-state index >= 15 is 0 Å². The summed E-state index contributed by atoms with van der Waals surface area (Å²) in [4.78, 5) is 15.0. The molecule has 4 heteroatoms. The summed E-state index contributed by atoms with van der Waals surface area (Å²) < 4.78 is 5.60. The number of amides is 1. The van der Waals surface area contributed by atoms with Gasteiger partial charge in [0, 0.05) is 26.7 Å². The maximum Gasteiger partial charge on any atom is 0.230 e. The van der Waals surface area contributed by atoms with Gasteiger partial charge in [-0.3, -0.25) is 4.79 Å². The molecule has 0 aromatic heterocycles. The molecule has 1 atom stereocenters. The van der Waals surface area contributed by atoms with Crippen LogP contribution in [0.5, 0.6) is 0 Å². The Kier molecular flexibility index (Phi) is 4.75. The van der Waals surface area contributed by atoms with Gasteiger partial charge in [0.05, 0.1) is 11.0 Å². The van der Waals surface area contributed by atoms with Crippen molar-refractivity contribution in [3.8, 4) is 0 Å². The number of rotatable bonds is 3. The maximum absolute atomic E-state index is 13.0. The molecule has 116 valence electrons. The van der Waals surface area contributed by atoms with Crippen molar-refractivity contribution in [3.63, 3.8) is 0 Å². The molecule has 2 N–H and O–H groups in total. The molecule has 1 aliphatic heterocycles. The Hall–Kier alpha value is -0.610. The highest BCUT2D eigenvalue weighted by atomic mass is 16.5. The van der Waals surface area contributed by atoms with E-state index in [0.717, 1.165) is 51.0 Å². The molecule has 1 unspecified atom stereocenters. The lowest BCUT2D eigenvalue weighted by atomic mass is 9.69. The Labute approximate surface area is 123 Å². The van der Waals surface area contributed by atoms with Crippen LogP contribution in [-0.2, 0) is 9.53 Å². The Morgan fingerprint density at radius 2 is 2.00 bits per heavy atom. The first-order chi connectivity index (χ1) is 9.45. The lowest BCUT2D eigenvalue weighted by Crippen LogP contribution is -2.56. The molecule has 1 amide bonds. The predicted molar refractivity (Wildman–Crippen MR) is 80.3 cm³/mol. The van der Waals surface area contributed by atoms with Crippen molar-refractivity contribution < 1.29 is 9.53 Å². The number of ether oxygens (including phenoxy) is 1. The van der Waals surface area contributed by atoms with Crippen LogP contribution in [0.25, 0.3) is 0 Å². The Morgan fingerprint density at radius 3 is 2.55 bits per heavy atom. The molecule has 0 aromatic carbocycles. The van der Waals surface area contributed by atoms with Crippen LogP contribution in [0.1, 0.15) is 52.4 Å². The summed E-state index contributed by atoms with van der Waals surface area (Å²) in [7, 11) is 1.75. The molecule has 2 fully saturated rings. The van der Waals surface area contributed by atoms with Crippen LogP contribution in [0.3, 0.4) is 0 Å². The van der Waals surface area contributed by atoms with Crippen molar-refractivity contribution in [2.45, 2.75) is 58.0 Å². The fourth-order valence-electron chi connectivity index (χ4n) is 3.70. The predicted octanol–water partition coefficient (Wildman–Crippen LogP) is 2.17. The molecule has 2 rings (SSSR count). The van der Waals surface area contributed by atoms with Crippen molar-refractivity contribution in [1.29, 1.82) is 0 Å². The van der Waals surface area contributed by atoms with Crippen LogP contribution in [0.4, 0.5) is 0 Å². The van der Waals surface area contributed by atoms with Crippen molar-refractivity contribution in [2.24, 2.45) is 17.1 Å². The summed E-state index contributed by atoms with van der Waals surface area (Å²) in [6.45, 7) is 6.42. The molecule has 0 aromatic rings. The van der Waals surface area contributed by atoms with E-state index in [1.54, 1.807) is 7.11 Å². The zero-order chi connectivity index (χ0) is 14.8. The third kappa shape index (κ3) is 3.01. The lowest BCUT2D eigenvalue weighted by Gasteiger charge is -2.45. The molecule has 0 spiro atoms. The van der Waals surface area contributed by atoms with Gasteiger partial charge in [-0.1, -0.05) is 6.92 Å². The van der Waals surface area contributed by atoms with Gasteiger partial charge in [0.15, 0.2) is 0 Å². The number of piperidine rings is 1. The second kappa shape index (κ2) is 6.02. The zero-order valence-corrected chi connectivity index (χ0v) is 13.3. The highest BCUT2D eigenvalue weighted by Gasteiger charge is 2.44. The van der Waals surface area contributed by atoms with E-state index in [-0.39, 0.29) is 16.9 Å².